The van der Waals surface area contributed by atoms with Crippen molar-refractivity contribution in [3.05, 3.63) is 27.7 Å². The molecule has 2 aromatic heterocycles. The van der Waals surface area contributed by atoms with Gasteiger partial charge >= 0.3 is 0 Å². The van der Waals surface area contributed by atoms with Crippen molar-refractivity contribution < 1.29 is 4.79 Å². The number of aromatic nitrogens is 3. The second-order valence-electron chi connectivity index (χ2n) is 5.90. The number of amides is 1. The van der Waals surface area contributed by atoms with Crippen molar-refractivity contribution in [1.82, 2.24) is 20.1 Å². The summed E-state index contributed by atoms with van der Waals surface area (Å²) in [6, 6.07) is 1.97. The number of aryl methyl sites for hydroxylation is 2. The van der Waals surface area contributed by atoms with Gasteiger partial charge in [-0.15, -0.1) is 21.5 Å². The van der Waals surface area contributed by atoms with Crippen molar-refractivity contribution >= 4 is 29.0 Å². The molecule has 0 aliphatic heterocycles. The molecule has 0 unspecified atom stereocenters. The van der Waals surface area contributed by atoms with E-state index in [0.717, 1.165) is 40.8 Å². The van der Waals surface area contributed by atoms with Crippen LogP contribution in [-0.2, 0) is 13.0 Å². The highest BCUT2D eigenvalue weighted by atomic mass is 32.2. The van der Waals surface area contributed by atoms with Gasteiger partial charge in [0.1, 0.15) is 5.82 Å². The number of hydrogen-bond donors (Lipinski definition) is 1. The molecule has 0 saturated carbocycles. The number of carbonyl (C=O) groups excluding carboxylic acids is 1. The molecule has 0 radical (unpaired) electrons. The number of hydrogen-bond acceptors (Lipinski definition) is 5. The molecule has 2 heterocycles. The first kappa shape index (κ1) is 18.0. The third kappa shape index (κ3) is 4.81. The average molecular weight is 353 g/mol. The third-order valence-electron chi connectivity index (χ3n) is 3.45. The molecule has 1 N–H and O–H groups in total. The smallest absolute Gasteiger partial charge is 0.261 e. The van der Waals surface area contributed by atoms with Crippen LogP contribution in [0.15, 0.2) is 16.6 Å². The first-order valence-electron chi connectivity index (χ1n) is 7.81. The Labute approximate surface area is 145 Å². The lowest BCUT2D eigenvalue weighted by molar-refractivity contribution is 0.0956. The molecule has 126 valence electrons. The minimum absolute atomic E-state index is 0.0194. The van der Waals surface area contributed by atoms with E-state index in [2.05, 4.69) is 33.9 Å². The Hall–Kier alpha value is -1.34. The molecule has 2 rings (SSSR count). The van der Waals surface area contributed by atoms with Crippen LogP contribution in [0, 0.1) is 12.8 Å². The predicted molar refractivity (Wildman–Crippen MR) is 96.4 cm³/mol. The highest BCUT2D eigenvalue weighted by molar-refractivity contribution is 7.98. The Morgan fingerprint density at radius 2 is 2.22 bits per heavy atom. The minimum atomic E-state index is 0.0194. The van der Waals surface area contributed by atoms with Crippen LogP contribution in [0.3, 0.4) is 0 Å². The lowest BCUT2D eigenvalue weighted by atomic mass is 10.2. The standard InChI is InChI=1S/C16H24N4OS2/c1-11(2)10-20-13(18-19-16(20)22-4)6-5-8-17-15(21)14-12(3)7-9-23-14/h7,9,11H,5-6,8,10H2,1-4H3,(H,17,21). The quantitative estimate of drug-likeness (QED) is 0.584. The molecule has 0 aromatic carbocycles. The van der Waals surface area contributed by atoms with Gasteiger partial charge in [-0.2, -0.15) is 0 Å². The van der Waals surface area contributed by atoms with Crippen LogP contribution in [0.2, 0.25) is 0 Å². The zero-order valence-electron chi connectivity index (χ0n) is 14.1. The van der Waals surface area contributed by atoms with Crippen molar-refractivity contribution in [1.29, 1.82) is 0 Å². The molecule has 0 fully saturated rings. The Morgan fingerprint density at radius 3 is 2.83 bits per heavy atom. The lowest BCUT2D eigenvalue weighted by Crippen LogP contribution is -2.24. The van der Waals surface area contributed by atoms with Gasteiger partial charge in [0.25, 0.3) is 5.91 Å². The topological polar surface area (TPSA) is 59.8 Å². The largest absolute Gasteiger partial charge is 0.351 e. The summed E-state index contributed by atoms with van der Waals surface area (Å²) in [6.45, 7) is 7.93. The number of thioether (sulfide) groups is 1. The fourth-order valence-electron chi connectivity index (χ4n) is 2.34. The number of thiophene rings is 1. The number of nitrogens with one attached hydrogen (secondary N) is 1. The minimum Gasteiger partial charge on any atom is -0.351 e. The lowest BCUT2D eigenvalue weighted by Gasteiger charge is -2.11. The maximum absolute atomic E-state index is 12.1. The molecule has 5 nitrogen and oxygen atoms in total. The van der Waals surface area contributed by atoms with Crippen LogP contribution in [-0.4, -0.2) is 33.5 Å². The molecule has 0 atom stereocenters. The zero-order valence-corrected chi connectivity index (χ0v) is 15.8. The van der Waals surface area contributed by atoms with Gasteiger partial charge in [0, 0.05) is 19.5 Å². The molecule has 1 amide bonds. The maximum Gasteiger partial charge on any atom is 0.261 e. The SMILES string of the molecule is CSc1nnc(CCCNC(=O)c2sccc2C)n1CC(C)C. The molecule has 0 saturated heterocycles. The second-order valence-corrected chi connectivity index (χ2v) is 7.59. The van der Waals surface area contributed by atoms with Crippen molar-refractivity contribution in [2.75, 3.05) is 12.8 Å². The number of rotatable bonds is 8. The normalized spacial score (nSPS) is 11.2. The van der Waals surface area contributed by atoms with Gasteiger partial charge in [0.05, 0.1) is 4.88 Å². The molecule has 0 bridgehead atoms. The maximum atomic E-state index is 12.1. The van der Waals surface area contributed by atoms with E-state index in [1.807, 2.05) is 24.6 Å². The van der Waals surface area contributed by atoms with Crippen molar-refractivity contribution in [2.45, 2.75) is 45.3 Å². The van der Waals surface area contributed by atoms with Crippen LogP contribution < -0.4 is 5.32 Å². The molecular weight excluding hydrogens is 328 g/mol. The summed E-state index contributed by atoms with van der Waals surface area (Å²) in [7, 11) is 0. The van der Waals surface area contributed by atoms with E-state index in [1.54, 1.807) is 11.8 Å². The van der Waals surface area contributed by atoms with Gasteiger partial charge in [-0.25, -0.2) is 0 Å². The van der Waals surface area contributed by atoms with Crippen molar-refractivity contribution in [3.8, 4) is 0 Å². The van der Waals surface area contributed by atoms with Crippen LogP contribution in [0.4, 0.5) is 0 Å². The fraction of sp³-hybridized carbons (Fsp3) is 0.562. The molecule has 0 spiro atoms. The molecular formula is C16H24N4OS2. The zero-order chi connectivity index (χ0) is 16.8. The van der Waals surface area contributed by atoms with Crippen LogP contribution in [0.25, 0.3) is 0 Å². The average Bonchev–Trinajstić information content (AvgIpc) is 3.09. The number of carbonyl (C=O) groups is 1. The van der Waals surface area contributed by atoms with E-state index in [-0.39, 0.29) is 5.91 Å². The summed E-state index contributed by atoms with van der Waals surface area (Å²) in [5, 5.41) is 14.4. The van der Waals surface area contributed by atoms with Crippen LogP contribution in [0.5, 0.6) is 0 Å². The third-order valence-corrected chi connectivity index (χ3v) is 5.14. The Balaban J connectivity index is 1.86. The van der Waals surface area contributed by atoms with Gasteiger partial charge in [-0.1, -0.05) is 25.6 Å². The Bertz CT molecular complexity index is 648. The predicted octanol–water partition coefficient (Wildman–Crippen LogP) is 3.39. The van der Waals surface area contributed by atoms with E-state index in [0.29, 0.717) is 12.5 Å². The Kier molecular flexibility index (Phi) is 6.65. The summed E-state index contributed by atoms with van der Waals surface area (Å²) < 4.78 is 2.20. The van der Waals surface area contributed by atoms with E-state index < -0.39 is 0 Å². The Morgan fingerprint density at radius 1 is 1.43 bits per heavy atom. The van der Waals surface area contributed by atoms with E-state index in [9.17, 15) is 4.79 Å². The van der Waals surface area contributed by atoms with Gasteiger partial charge in [0.2, 0.25) is 0 Å². The van der Waals surface area contributed by atoms with E-state index in [4.69, 9.17) is 0 Å². The second kappa shape index (κ2) is 8.49. The summed E-state index contributed by atoms with van der Waals surface area (Å²) >= 11 is 3.11. The monoisotopic (exact) mass is 352 g/mol. The highest BCUT2D eigenvalue weighted by Gasteiger charge is 2.13. The molecule has 7 heteroatoms. The summed E-state index contributed by atoms with van der Waals surface area (Å²) in [6.07, 6.45) is 3.71. The first-order chi connectivity index (χ1) is 11.0. The van der Waals surface area contributed by atoms with Crippen molar-refractivity contribution in [3.63, 3.8) is 0 Å². The van der Waals surface area contributed by atoms with Gasteiger partial charge in [-0.05, 0) is 42.5 Å². The summed E-state index contributed by atoms with van der Waals surface area (Å²) in [5.74, 6) is 1.58. The van der Waals surface area contributed by atoms with Gasteiger partial charge in [-0.3, -0.25) is 4.79 Å². The number of nitrogens with zero attached hydrogens (tertiary/aromatic N) is 3. The van der Waals surface area contributed by atoms with Crippen LogP contribution >= 0.6 is 23.1 Å². The van der Waals surface area contributed by atoms with Crippen molar-refractivity contribution in [2.24, 2.45) is 5.92 Å². The van der Waals surface area contributed by atoms with Gasteiger partial charge < -0.3 is 9.88 Å². The highest BCUT2D eigenvalue weighted by Crippen LogP contribution is 2.17. The molecule has 0 aliphatic rings. The summed E-state index contributed by atoms with van der Waals surface area (Å²) in [4.78, 5) is 12.9. The van der Waals surface area contributed by atoms with E-state index >= 15 is 0 Å². The van der Waals surface area contributed by atoms with Crippen LogP contribution in [0.1, 0.15) is 41.3 Å². The molecule has 23 heavy (non-hydrogen) atoms. The summed E-state index contributed by atoms with van der Waals surface area (Å²) in [5.41, 5.74) is 1.04. The van der Waals surface area contributed by atoms with Gasteiger partial charge in [0.15, 0.2) is 5.16 Å². The van der Waals surface area contributed by atoms with E-state index in [1.165, 1.54) is 11.3 Å². The first-order valence-corrected chi connectivity index (χ1v) is 9.91. The fourth-order valence-corrected chi connectivity index (χ4v) is 3.70. The molecule has 0 aliphatic carbocycles. The molecule has 2 aromatic rings.